The molecule has 0 bridgehead atoms. The molecule has 64 heavy (non-hydrogen) atoms. The van der Waals surface area contributed by atoms with E-state index < -0.39 is 0 Å². The van der Waals surface area contributed by atoms with E-state index in [9.17, 15) is 0 Å². The molecule has 3 aromatic heterocycles. The van der Waals surface area contributed by atoms with Gasteiger partial charge in [-0.05, 0) is 99.6 Å². The molecule has 0 aliphatic heterocycles. The molecule has 4 heteroatoms. The highest BCUT2D eigenvalue weighted by Crippen LogP contribution is 2.51. The second kappa shape index (κ2) is 15.2. The normalized spacial score (nSPS) is 11.8. The number of anilines is 3. The Morgan fingerprint density at radius 1 is 0.266 bits per heavy atom. The van der Waals surface area contributed by atoms with Crippen molar-refractivity contribution >= 4 is 112 Å². The number of benzene rings is 10. The molecule has 0 atom stereocenters. The summed E-state index contributed by atoms with van der Waals surface area (Å²) >= 11 is 5.67. The molecule has 0 saturated carbocycles. The van der Waals surface area contributed by atoms with Crippen LogP contribution in [-0.2, 0) is 0 Å². The summed E-state index contributed by atoms with van der Waals surface area (Å²) < 4.78 is 7.75. The van der Waals surface area contributed by atoms with Crippen molar-refractivity contribution < 1.29 is 0 Å². The van der Waals surface area contributed by atoms with Crippen LogP contribution in [0.25, 0.3) is 105 Å². The third-order valence-electron chi connectivity index (χ3n) is 12.7. The van der Waals surface area contributed by atoms with Crippen molar-refractivity contribution in [2.24, 2.45) is 0 Å². The predicted molar refractivity (Wildman–Crippen MR) is 282 cm³/mol. The summed E-state index contributed by atoms with van der Waals surface area (Å²) in [5, 5.41) is 7.68. The van der Waals surface area contributed by atoms with Gasteiger partial charge in [-0.15, -0.1) is 34.0 Å². The maximum atomic E-state index is 2.53. The van der Waals surface area contributed by atoms with E-state index in [2.05, 4.69) is 229 Å². The topological polar surface area (TPSA) is 3.24 Å². The fourth-order valence-electron chi connectivity index (χ4n) is 9.62. The minimum Gasteiger partial charge on any atom is -0.310 e. The van der Waals surface area contributed by atoms with Gasteiger partial charge in [0.15, 0.2) is 0 Å². The van der Waals surface area contributed by atoms with Crippen molar-refractivity contribution in [3.05, 3.63) is 224 Å². The fourth-order valence-corrected chi connectivity index (χ4v) is 13.3. The Morgan fingerprint density at radius 2 is 0.828 bits per heavy atom. The Morgan fingerprint density at radius 3 is 1.58 bits per heavy atom. The summed E-state index contributed by atoms with van der Waals surface area (Å²) in [6.45, 7) is 0. The molecule has 3 heterocycles. The number of nitrogens with zero attached hydrogens (tertiary/aromatic N) is 1. The van der Waals surface area contributed by atoms with Crippen molar-refractivity contribution in [2.75, 3.05) is 4.90 Å². The van der Waals surface area contributed by atoms with Gasteiger partial charge in [-0.2, -0.15) is 0 Å². The van der Waals surface area contributed by atoms with E-state index in [-0.39, 0.29) is 0 Å². The van der Waals surface area contributed by atoms with E-state index >= 15 is 0 Å². The van der Waals surface area contributed by atoms with Gasteiger partial charge in [0.1, 0.15) is 0 Å². The minimum absolute atomic E-state index is 1.14. The number of rotatable bonds is 7. The summed E-state index contributed by atoms with van der Waals surface area (Å²) in [6, 6.07) is 82.9. The van der Waals surface area contributed by atoms with Crippen LogP contribution in [0, 0.1) is 0 Å². The van der Waals surface area contributed by atoms with Crippen LogP contribution in [0.2, 0.25) is 0 Å². The highest BCUT2D eigenvalue weighted by Gasteiger charge is 2.23. The van der Waals surface area contributed by atoms with E-state index in [1.54, 1.807) is 0 Å². The first kappa shape index (κ1) is 37.2. The smallest absolute Gasteiger partial charge is 0.0555 e. The van der Waals surface area contributed by atoms with Crippen LogP contribution in [0.1, 0.15) is 0 Å². The SMILES string of the molecule is c1ccc(-c2ccc3c(c2)sc2c(-c4ccccc4)ccc(N(c4ccc5c(c4)sc4c(-c6ccccc6)cc(-c6ccccc6)cc45)c4ccc5sc6ccccc6c5c4)c23)cc1. The molecule has 0 radical (unpaired) electrons. The second-order valence-corrected chi connectivity index (χ2v) is 19.6. The van der Waals surface area contributed by atoms with Crippen molar-refractivity contribution in [3.63, 3.8) is 0 Å². The lowest BCUT2D eigenvalue weighted by molar-refractivity contribution is 1.32. The minimum atomic E-state index is 1.14. The Hall–Kier alpha value is -7.34. The maximum absolute atomic E-state index is 2.53. The number of fused-ring (bicyclic) bond motifs is 9. The monoisotopic (exact) mass is 867 g/mol. The molecule has 0 unspecified atom stereocenters. The summed E-state index contributed by atoms with van der Waals surface area (Å²) in [7, 11) is 0. The lowest BCUT2D eigenvalue weighted by Gasteiger charge is -2.27. The van der Waals surface area contributed by atoms with Crippen LogP contribution >= 0.6 is 34.0 Å². The quantitative estimate of drug-likeness (QED) is 0.154. The third-order valence-corrected chi connectivity index (χ3v) is 16.2. The summed E-state index contributed by atoms with van der Waals surface area (Å²) in [6.07, 6.45) is 0. The van der Waals surface area contributed by atoms with E-state index in [0.717, 1.165) is 11.4 Å². The van der Waals surface area contributed by atoms with Gasteiger partial charge in [0.2, 0.25) is 0 Å². The molecule has 13 rings (SSSR count). The first-order chi connectivity index (χ1) is 31.7. The van der Waals surface area contributed by atoms with Gasteiger partial charge >= 0.3 is 0 Å². The second-order valence-electron chi connectivity index (χ2n) is 16.4. The first-order valence-corrected chi connectivity index (χ1v) is 24.1. The molecule has 0 fully saturated rings. The van der Waals surface area contributed by atoms with Crippen LogP contribution in [0.5, 0.6) is 0 Å². The third kappa shape index (κ3) is 6.17. The summed E-state index contributed by atoms with van der Waals surface area (Å²) in [5.74, 6) is 0. The van der Waals surface area contributed by atoms with Crippen LogP contribution in [-0.4, -0.2) is 0 Å². The highest BCUT2D eigenvalue weighted by atomic mass is 32.1. The van der Waals surface area contributed by atoms with Crippen molar-refractivity contribution in [1.29, 1.82) is 0 Å². The maximum Gasteiger partial charge on any atom is 0.0555 e. The molecule has 300 valence electrons. The van der Waals surface area contributed by atoms with E-state index in [1.807, 2.05) is 34.0 Å². The largest absolute Gasteiger partial charge is 0.310 e. The van der Waals surface area contributed by atoms with Crippen molar-refractivity contribution in [3.8, 4) is 44.5 Å². The molecule has 0 aliphatic carbocycles. The summed E-state index contributed by atoms with van der Waals surface area (Å²) in [4.78, 5) is 2.53. The van der Waals surface area contributed by atoms with Gasteiger partial charge in [0.05, 0.1) is 5.69 Å². The zero-order valence-corrected chi connectivity index (χ0v) is 37.0. The van der Waals surface area contributed by atoms with Gasteiger partial charge in [-0.3, -0.25) is 0 Å². The average Bonchev–Trinajstić information content (AvgIpc) is 4.06. The standard InChI is InChI=1S/C60H37NS3/c1-5-15-38(16-6-1)42-25-28-49-56(35-42)64-60-46(40-19-9-3-10-20-40)30-31-53(58(49)60)61(44-27-32-55-51(36-44)47-23-13-14-24-54(47)62-55)45-26-29-48-52-34-43(39-17-7-2-8-18-39)33-50(41-21-11-4-12-22-41)59(52)63-57(48)37-45/h1-37H. The Bertz CT molecular complexity index is 3880. The van der Waals surface area contributed by atoms with Crippen molar-refractivity contribution in [1.82, 2.24) is 0 Å². The summed E-state index contributed by atoms with van der Waals surface area (Å²) in [5.41, 5.74) is 13.3. The van der Waals surface area contributed by atoms with E-state index in [1.165, 1.54) is 111 Å². The van der Waals surface area contributed by atoms with Gasteiger partial charge in [0.25, 0.3) is 0 Å². The van der Waals surface area contributed by atoms with Gasteiger partial charge < -0.3 is 4.90 Å². The molecule has 0 saturated heterocycles. The van der Waals surface area contributed by atoms with Crippen LogP contribution in [0.4, 0.5) is 17.1 Å². The zero-order valence-electron chi connectivity index (χ0n) is 34.5. The molecule has 13 aromatic rings. The lowest BCUT2D eigenvalue weighted by Crippen LogP contribution is -2.10. The number of hydrogen-bond donors (Lipinski definition) is 0. The number of hydrogen-bond acceptors (Lipinski definition) is 4. The van der Waals surface area contributed by atoms with E-state index in [0.29, 0.717) is 0 Å². The van der Waals surface area contributed by atoms with Gasteiger partial charge in [-0.1, -0.05) is 164 Å². The average molecular weight is 868 g/mol. The molecule has 0 aliphatic rings. The lowest BCUT2D eigenvalue weighted by atomic mass is 9.96. The number of thiophene rings is 3. The Balaban J connectivity index is 1.08. The van der Waals surface area contributed by atoms with Crippen LogP contribution in [0.15, 0.2) is 224 Å². The van der Waals surface area contributed by atoms with Crippen LogP contribution in [0.3, 0.4) is 0 Å². The molecular formula is C60H37NS3. The first-order valence-electron chi connectivity index (χ1n) is 21.6. The Kier molecular flexibility index (Phi) is 8.83. The van der Waals surface area contributed by atoms with Crippen molar-refractivity contribution in [2.45, 2.75) is 0 Å². The van der Waals surface area contributed by atoms with Crippen LogP contribution < -0.4 is 4.90 Å². The molecule has 0 spiro atoms. The predicted octanol–water partition coefficient (Wildman–Crippen LogP) is 18.9. The zero-order chi connectivity index (χ0) is 42.1. The highest BCUT2D eigenvalue weighted by molar-refractivity contribution is 7.27. The molecular weight excluding hydrogens is 831 g/mol. The molecule has 0 amide bonds. The molecule has 0 N–H and O–H groups in total. The molecule has 10 aromatic carbocycles. The fraction of sp³-hybridized carbons (Fsp3) is 0. The Labute approximate surface area is 383 Å². The van der Waals surface area contributed by atoms with E-state index in [4.69, 9.17) is 0 Å². The van der Waals surface area contributed by atoms with Gasteiger partial charge in [0, 0.05) is 77.5 Å². The molecule has 1 nitrogen and oxygen atoms in total. The van der Waals surface area contributed by atoms with Gasteiger partial charge in [-0.25, -0.2) is 0 Å².